The third kappa shape index (κ3) is 3.85. The van der Waals surface area contributed by atoms with Gasteiger partial charge in [0.2, 0.25) is 0 Å². The Bertz CT molecular complexity index is 929. The fraction of sp³-hybridized carbons (Fsp3) is 0.381. The third-order valence-corrected chi connectivity index (χ3v) is 5.26. The number of aromatic nitrogens is 4. The smallest absolute Gasteiger partial charge is 0.297 e. The lowest BCUT2D eigenvalue weighted by atomic mass is 9.96. The van der Waals surface area contributed by atoms with E-state index in [1.54, 1.807) is 4.57 Å². The summed E-state index contributed by atoms with van der Waals surface area (Å²) in [5.74, 6) is 1.05. The third-order valence-electron chi connectivity index (χ3n) is 5.26. The van der Waals surface area contributed by atoms with Gasteiger partial charge >= 0.3 is 5.69 Å². The van der Waals surface area contributed by atoms with Gasteiger partial charge in [-0.1, -0.05) is 31.2 Å². The van der Waals surface area contributed by atoms with Crippen LogP contribution in [0, 0.1) is 0 Å². The number of nitrogens with one attached hydrogen (secondary N) is 1. The van der Waals surface area contributed by atoms with E-state index in [0.717, 1.165) is 56.1 Å². The lowest BCUT2D eigenvalue weighted by molar-refractivity contribution is 0.193. The number of H-pyrrole nitrogens is 1. The molecule has 4 rings (SSSR count). The van der Waals surface area contributed by atoms with Crippen molar-refractivity contribution in [3.8, 4) is 5.69 Å². The highest BCUT2D eigenvalue weighted by Gasteiger charge is 2.26. The van der Waals surface area contributed by atoms with Crippen molar-refractivity contribution in [2.45, 2.75) is 38.6 Å². The van der Waals surface area contributed by atoms with Gasteiger partial charge in [0, 0.05) is 25.2 Å². The summed E-state index contributed by atoms with van der Waals surface area (Å²) < 4.78 is 1.71. The van der Waals surface area contributed by atoms with E-state index in [0.29, 0.717) is 0 Å². The van der Waals surface area contributed by atoms with Crippen LogP contribution in [0.5, 0.6) is 0 Å². The van der Waals surface area contributed by atoms with Crippen molar-refractivity contribution in [3.63, 3.8) is 0 Å². The predicted octanol–water partition coefficient (Wildman–Crippen LogP) is 2.90. The molecule has 6 nitrogen and oxygen atoms in total. The number of piperidine rings is 1. The number of hydrogen-bond donors (Lipinski definition) is 1. The Morgan fingerprint density at radius 3 is 2.78 bits per heavy atom. The Balaban J connectivity index is 1.53. The van der Waals surface area contributed by atoms with E-state index in [-0.39, 0.29) is 11.6 Å². The molecule has 0 amide bonds. The maximum absolute atomic E-state index is 12.3. The normalized spacial score (nSPS) is 17.9. The molecule has 6 heteroatoms. The molecule has 0 saturated carbocycles. The minimum atomic E-state index is -0.176. The molecule has 0 unspecified atom stereocenters. The zero-order chi connectivity index (χ0) is 18.6. The quantitative estimate of drug-likeness (QED) is 0.757. The van der Waals surface area contributed by atoms with E-state index < -0.39 is 0 Å². The molecule has 0 radical (unpaired) electrons. The molecule has 0 spiro atoms. The number of benzene rings is 1. The Kier molecular flexibility index (Phi) is 5.16. The standard InChI is InChI=1S/C21H25N5O/c1-2-16-10-11-18(22-13-16)15-25-12-6-7-17(14-25)20-23-24-21(27)26(20)19-8-4-3-5-9-19/h3-5,8-11,13,17H,2,6-7,12,14-15H2,1H3,(H,24,27)/t17-/m0/s1. The molecule has 2 aromatic heterocycles. The maximum atomic E-state index is 12.3. The summed E-state index contributed by atoms with van der Waals surface area (Å²) in [7, 11) is 0. The number of para-hydroxylation sites is 1. The van der Waals surface area contributed by atoms with Crippen LogP contribution in [-0.2, 0) is 13.0 Å². The molecule has 0 bridgehead atoms. The molecule has 1 fully saturated rings. The zero-order valence-corrected chi connectivity index (χ0v) is 15.6. The van der Waals surface area contributed by atoms with Crippen molar-refractivity contribution in [2.75, 3.05) is 13.1 Å². The Labute approximate surface area is 158 Å². The van der Waals surface area contributed by atoms with Crippen LogP contribution < -0.4 is 5.69 Å². The second-order valence-corrected chi connectivity index (χ2v) is 7.14. The van der Waals surface area contributed by atoms with Gasteiger partial charge < -0.3 is 0 Å². The lowest BCUT2D eigenvalue weighted by Gasteiger charge is -2.32. The van der Waals surface area contributed by atoms with Crippen molar-refractivity contribution in [1.82, 2.24) is 24.6 Å². The highest BCUT2D eigenvalue weighted by molar-refractivity contribution is 5.32. The van der Waals surface area contributed by atoms with Crippen LogP contribution in [0.4, 0.5) is 0 Å². The minimum absolute atomic E-state index is 0.176. The summed E-state index contributed by atoms with van der Waals surface area (Å²) in [6.45, 7) is 4.91. The molecule has 1 saturated heterocycles. The largest absolute Gasteiger partial charge is 0.347 e. The maximum Gasteiger partial charge on any atom is 0.347 e. The van der Waals surface area contributed by atoms with Crippen molar-refractivity contribution in [2.24, 2.45) is 0 Å². The van der Waals surface area contributed by atoms with Gasteiger partial charge in [0.1, 0.15) is 5.82 Å². The molecule has 3 aromatic rings. The number of nitrogens with zero attached hydrogens (tertiary/aromatic N) is 4. The molecular formula is C21H25N5O. The highest BCUT2D eigenvalue weighted by atomic mass is 16.1. The highest BCUT2D eigenvalue weighted by Crippen LogP contribution is 2.27. The fourth-order valence-corrected chi connectivity index (χ4v) is 3.81. The van der Waals surface area contributed by atoms with Gasteiger partial charge in [-0.3, -0.25) is 9.88 Å². The summed E-state index contributed by atoms with van der Waals surface area (Å²) in [5.41, 5.74) is 3.04. The molecule has 27 heavy (non-hydrogen) atoms. The molecule has 1 aromatic carbocycles. The summed E-state index contributed by atoms with van der Waals surface area (Å²) in [5, 5.41) is 7.00. The van der Waals surface area contributed by atoms with E-state index in [2.05, 4.69) is 39.1 Å². The number of hydrogen-bond acceptors (Lipinski definition) is 4. The van der Waals surface area contributed by atoms with Crippen LogP contribution in [0.2, 0.25) is 0 Å². The van der Waals surface area contributed by atoms with Crippen molar-refractivity contribution >= 4 is 0 Å². The van der Waals surface area contributed by atoms with Crippen LogP contribution in [-0.4, -0.2) is 37.7 Å². The van der Waals surface area contributed by atoms with Crippen molar-refractivity contribution in [3.05, 3.63) is 76.2 Å². The van der Waals surface area contributed by atoms with E-state index in [1.807, 2.05) is 36.5 Å². The molecule has 1 N–H and O–H groups in total. The monoisotopic (exact) mass is 363 g/mol. The molecule has 3 heterocycles. The Hall–Kier alpha value is -2.73. The van der Waals surface area contributed by atoms with Gasteiger partial charge in [-0.05, 0) is 49.6 Å². The molecule has 1 atom stereocenters. The first-order chi connectivity index (χ1) is 13.2. The van der Waals surface area contributed by atoms with Crippen LogP contribution in [0.25, 0.3) is 5.69 Å². The van der Waals surface area contributed by atoms with Crippen molar-refractivity contribution < 1.29 is 0 Å². The van der Waals surface area contributed by atoms with Gasteiger partial charge in [-0.2, -0.15) is 5.10 Å². The van der Waals surface area contributed by atoms with E-state index in [1.165, 1.54) is 5.56 Å². The molecular weight excluding hydrogens is 338 g/mol. The fourth-order valence-electron chi connectivity index (χ4n) is 3.81. The predicted molar refractivity (Wildman–Crippen MR) is 105 cm³/mol. The van der Waals surface area contributed by atoms with E-state index in [9.17, 15) is 4.79 Å². The second-order valence-electron chi connectivity index (χ2n) is 7.14. The summed E-state index contributed by atoms with van der Waals surface area (Å²) >= 11 is 0. The molecule has 0 aliphatic carbocycles. The van der Waals surface area contributed by atoms with Crippen molar-refractivity contribution in [1.29, 1.82) is 0 Å². The van der Waals surface area contributed by atoms with Crippen LogP contribution in [0.3, 0.4) is 0 Å². The average Bonchev–Trinajstić information content (AvgIpc) is 3.11. The summed E-state index contributed by atoms with van der Waals surface area (Å²) in [4.78, 5) is 19.3. The van der Waals surface area contributed by atoms with Crippen LogP contribution in [0.1, 0.15) is 42.8 Å². The van der Waals surface area contributed by atoms with Gasteiger partial charge in [-0.25, -0.2) is 14.5 Å². The van der Waals surface area contributed by atoms with Gasteiger partial charge in [0.05, 0.1) is 11.4 Å². The average molecular weight is 363 g/mol. The van der Waals surface area contributed by atoms with Gasteiger partial charge in [0.25, 0.3) is 0 Å². The molecule has 140 valence electrons. The summed E-state index contributed by atoms with van der Waals surface area (Å²) in [6.07, 6.45) is 5.11. The molecule has 1 aliphatic rings. The second kappa shape index (κ2) is 7.88. The minimum Gasteiger partial charge on any atom is -0.297 e. The first-order valence-corrected chi connectivity index (χ1v) is 9.63. The number of likely N-dealkylation sites (tertiary alicyclic amines) is 1. The van der Waals surface area contributed by atoms with E-state index >= 15 is 0 Å². The summed E-state index contributed by atoms with van der Waals surface area (Å²) in [6, 6.07) is 14.0. The Morgan fingerprint density at radius 1 is 1.19 bits per heavy atom. The van der Waals surface area contributed by atoms with E-state index in [4.69, 9.17) is 0 Å². The van der Waals surface area contributed by atoms with Crippen LogP contribution >= 0.6 is 0 Å². The van der Waals surface area contributed by atoms with Crippen LogP contribution in [0.15, 0.2) is 53.5 Å². The first-order valence-electron chi connectivity index (χ1n) is 9.63. The molecule has 1 aliphatic heterocycles. The number of rotatable bonds is 5. The van der Waals surface area contributed by atoms with Gasteiger partial charge in [0.15, 0.2) is 0 Å². The number of aryl methyl sites for hydroxylation is 1. The lowest BCUT2D eigenvalue weighted by Crippen LogP contribution is -2.35. The number of aromatic amines is 1. The van der Waals surface area contributed by atoms with Gasteiger partial charge in [-0.15, -0.1) is 0 Å². The SMILES string of the molecule is CCc1ccc(CN2CCC[C@H](c3n[nH]c(=O)n3-c3ccccc3)C2)nc1. The number of pyridine rings is 1. The topological polar surface area (TPSA) is 66.8 Å². The zero-order valence-electron chi connectivity index (χ0n) is 15.6. The Morgan fingerprint density at radius 2 is 2.04 bits per heavy atom. The first kappa shape index (κ1) is 17.7.